The number of aliphatic hydroxyl groups excluding tert-OH is 1. The van der Waals surface area contributed by atoms with Crippen LogP contribution in [0, 0.1) is 6.92 Å². The van der Waals surface area contributed by atoms with E-state index in [9.17, 15) is 5.11 Å². The Labute approximate surface area is 93.7 Å². The summed E-state index contributed by atoms with van der Waals surface area (Å²) in [5.41, 5.74) is 1.43. The topological polar surface area (TPSA) is 64.1 Å². The van der Waals surface area contributed by atoms with Crippen LogP contribution in [-0.2, 0) is 6.54 Å². The van der Waals surface area contributed by atoms with Gasteiger partial charge in [-0.3, -0.25) is 0 Å². The molecule has 0 bridgehead atoms. The SMILES string of the molecule is CCCn1nncc1C(O)c1coc(C)c1. The van der Waals surface area contributed by atoms with Crippen LogP contribution in [0.1, 0.15) is 36.5 Å². The Hall–Kier alpha value is -1.62. The minimum absolute atomic E-state index is 0.697. The average Bonchev–Trinajstić information content (AvgIpc) is 2.87. The van der Waals surface area contributed by atoms with Crippen molar-refractivity contribution in [2.45, 2.75) is 32.9 Å². The fourth-order valence-corrected chi connectivity index (χ4v) is 1.64. The lowest BCUT2D eigenvalue weighted by molar-refractivity contribution is 0.206. The molecule has 0 fully saturated rings. The van der Waals surface area contributed by atoms with E-state index in [1.807, 2.05) is 13.0 Å². The van der Waals surface area contributed by atoms with Crippen LogP contribution in [0.25, 0.3) is 0 Å². The van der Waals surface area contributed by atoms with Gasteiger partial charge in [0.2, 0.25) is 0 Å². The zero-order chi connectivity index (χ0) is 11.5. The Morgan fingerprint density at radius 3 is 3.00 bits per heavy atom. The van der Waals surface area contributed by atoms with E-state index in [0.29, 0.717) is 5.69 Å². The molecule has 2 heterocycles. The van der Waals surface area contributed by atoms with Gasteiger partial charge in [0.1, 0.15) is 11.9 Å². The fourth-order valence-electron chi connectivity index (χ4n) is 1.64. The molecule has 16 heavy (non-hydrogen) atoms. The second kappa shape index (κ2) is 4.49. The maximum Gasteiger partial charge on any atom is 0.125 e. The standard InChI is InChI=1S/C11H15N3O2/c1-3-4-14-10(6-12-13-14)11(15)9-5-8(2)16-7-9/h5-7,11,15H,3-4H2,1-2H3. The van der Waals surface area contributed by atoms with Gasteiger partial charge in [-0.05, 0) is 19.4 Å². The normalized spacial score (nSPS) is 12.9. The number of hydrogen-bond donors (Lipinski definition) is 1. The van der Waals surface area contributed by atoms with Crippen molar-refractivity contribution in [1.82, 2.24) is 15.0 Å². The van der Waals surface area contributed by atoms with Crippen molar-refractivity contribution in [2.24, 2.45) is 0 Å². The summed E-state index contributed by atoms with van der Waals surface area (Å²) in [7, 11) is 0. The highest BCUT2D eigenvalue weighted by molar-refractivity contribution is 5.22. The van der Waals surface area contributed by atoms with Crippen molar-refractivity contribution in [3.8, 4) is 0 Å². The molecule has 1 atom stereocenters. The zero-order valence-electron chi connectivity index (χ0n) is 9.42. The van der Waals surface area contributed by atoms with E-state index in [-0.39, 0.29) is 0 Å². The van der Waals surface area contributed by atoms with E-state index < -0.39 is 6.10 Å². The summed E-state index contributed by atoms with van der Waals surface area (Å²) in [6, 6.07) is 1.81. The predicted molar refractivity (Wildman–Crippen MR) is 57.8 cm³/mol. The van der Waals surface area contributed by atoms with Gasteiger partial charge in [0.25, 0.3) is 0 Å². The Balaban J connectivity index is 2.26. The van der Waals surface area contributed by atoms with E-state index in [0.717, 1.165) is 24.3 Å². The van der Waals surface area contributed by atoms with Crippen molar-refractivity contribution in [3.05, 3.63) is 35.5 Å². The molecule has 0 aliphatic carbocycles. The average molecular weight is 221 g/mol. The lowest BCUT2D eigenvalue weighted by atomic mass is 10.1. The Morgan fingerprint density at radius 1 is 1.56 bits per heavy atom. The van der Waals surface area contributed by atoms with E-state index in [1.54, 1.807) is 17.1 Å². The first-order valence-corrected chi connectivity index (χ1v) is 5.34. The molecule has 86 valence electrons. The monoisotopic (exact) mass is 221 g/mol. The number of hydrogen-bond acceptors (Lipinski definition) is 4. The number of furan rings is 1. The highest BCUT2D eigenvalue weighted by atomic mass is 16.3. The van der Waals surface area contributed by atoms with Crippen LogP contribution in [0.3, 0.4) is 0 Å². The van der Waals surface area contributed by atoms with Gasteiger partial charge in [0, 0.05) is 12.1 Å². The first-order chi connectivity index (χ1) is 7.72. The Kier molecular flexibility index (Phi) is 3.05. The second-order valence-corrected chi connectivity index (χ2v) is 3.78. The highest BCUT2D eigenvalue weighted by Crippen LogP contribution is 2.22. The quantitative estimate of drug-likeness (QED) is 0.853. The van der Waals surface area contributed by atoms with Gasteiger partial charge in [0.05, 0.1) is 18.2 Å². The van der Waals surface area contributed by atoms with Gasteiger partial charge in [-0.1, -0.05) is 12.1 Å². The lowest BCUT2D eigenvalue weighted by Gasteiger charge is -2.09. The largest absolute Gasteiger partial charge is 0.469 e. The number of nitrogens with zero attached hydrogens (tertiary/aromatic N) is 3. The third kappa shape index (κ3) is 1.99. The second-order valence-electron chi connectivity index (χ2n) is 3.78. The molecule has 1 N–H and O–H groups in total. The van der Waals surface area contributed by atoms with E-state index in [4.69, 9.17) is 4.42 Å². The molecule has 1 unspecified atom stereocenters. The van der Waals surface area contributed by atoms with Crippen molar-refractivity contribution >= 4 is 0 Å². The summed E-state index contributed by atoms with van der Waals surface area (Å²) < 4.78 is 6.89. The summed E-state index contributed by atoms with van der Waals surface area (Å²) in [6.07, 6.45) is 3.37. The Bertz CT molecular complexity index is 461. The number of aromatic nitrogens is 3. The lowest BCUT2D eigenvalue weighted by Crippen LogP contribution is -2.09. The minimum Gasteiger partial charge on any atom is -0.469 e. The molecular weight excluding hydrogens is 206 g/mol. The molecule has 5 nitrogen and oxygen atoms in total. The minimum atomic E-state index is -0.723. The molecule has 0 radical (unpaired) electrons. The van der Waals surface area contributed by atoms with Gasteiger partial charge < -0.3 is 9.52 Å². The van der Waals surface area contributed by atoms with Crippen molar-refractivity contribution in [3.63, 3.8) is 0 Å². The summed E-state index contributed by atoms with van der Waals surface area (Å²) in [5, 5.41) is 17.9. The van der Waals surface area contributed by atoms with Crippen LogP contribution in [0.5, 0.6) is 0 Å². The van der Waals surface area contributed by atoms with Gasteiger partial charge in [-0.2, -0.15) is 0 Å². The van der Waals surface area contributed by atoms with Gasteiger partial charge in [-0.15, -0.1) is 5.10 Å². The maximum atomic E-state index is 10.1. The molecule has 0 aromatic carbocycles. The van der Waals surface area contributed by atoms with Crippen LogP contribution in [0.2, 0.25) is 0 Å². The van der Waals surface area contributed by atoms with Crippen LogP contribution >= 0.6 is 0 Å². The fraction of sp³-hybridized carbons (Fsp3) is 0.455. The van der Waals surface area contributed by atoms with E-state index >= 15 is 0 Å². The van der Waals surface area contributed by atoms with Crippen molar-refractivity contribution in [2.75, 3.05) is 0 Å². The molecule has 0 aliphatic heterocycles. The molecule has 2 aromatic heterocycles. The van der Waals surface area contributed by atoms with Gasteiger partial charge in [0.15, 0.2) is 0 Å². The van der Waals surface area contributed by atoms with Gasteiger partial charge in [-0.25, -0.2) is 4.68 Å². The zero-order valence-corrected chi connectivity index (χ0v) is 9.42. The molecular formula is C11H15N3O2. The van der Waals surface area contributed by atoms with E-state index in [2.05, 4.69) is 17.2 Å². The highest BCUT2D eigenvalue weighted by Gasteiger charge is 2.17. The first-order valence-electron chi connectivity index (χ1n) is 5.34. The van der Waals surface area contributed by atoms with Crippen LogP contribution in [0.15, 0.2) is 22.9 Å². The Morgan fingerprint density at radius 2 is 2.38 bits per heavy atom. The molecule has 0 amide bonds. The van der Waals surface area contributed by atoms with Crippen LogP contribution in [0.4, 0.5) is 0 Å². The molecule has 5 heteroatoms. The third-order valence-corrected chi connectivity index (χ3v) is 2.43. The van der Waals surface area contributed by atoms with E-state index in [1.165, 1.54) is 0 Å². The molecule has 0 saturated heterocycles. The smallest absolute Gasteiger partial charge is 0.125 e. The number of aliphatic hydroxyl groups is 1. The molecule has 0 saturated carbocycles. The maximum absolute atomic E-state index is 10.1. The third-order valence-electron chi connectivity index (χ3n) is 2.43. The van der Waals surface area contributed by atoms with Crippen molar-refractivity contribution < 1.29 is 9.52 Å². The summed E-state index contributed by atoms with van der Waals surface area (Å²) in [4.78, 5) is 0. The van der Waals surface area contributed by atoms with Crippen molar-refractivity contribution in [1.29, 1.82) is 0 Å². The molecule has 2 aromatic rings. The summed E-state index contributed by atoms with van der Waals surface area (Å²) in [6.45, 7) is 4.65. The summed E-state index contributed by atoms with van der Waals surface area (Å²) in [5.74, 6) is 0.781. The molecule has 0 aliphatic rings. The summed E-state index contributed by atoms with van der Waals surface area (Å²) >= 11 is 0. The van der Waals surface area contributed by atoms with Crippen LogP contribution in [-0.4, -0.2) is 20.1 Å². The first kappa shape index (κ1) is 10.9. The number of aryl methyl sites for hydroxylation is 2. The molecule has 2 rings (SSSR count). The molecule has 0 spiro atoms. The van der Waals surface area contributed by atoms with Gasteiger partial charge >= 0.3 is 0 Å². The van der Waals surface area contributed by atoms with Crippen LogP contribution < -0.4 is 0 Å². The number of rotatable bonds is 4. The predicted octanol–water partition coefficient (Wildman–Crippen LogP) is 1.67.